The Morgan fingerprint density at radius 1 is 1.25 bits per heavy atom. The summed E-state index contributed by atoms with van der Waals surface area (Å²) < 4.78 is 5.89. The molecule has 4 nitrogen and oxygen atoms in total. The predicted octanol–water partition coefficient (Wildman–Crippen LogP) is 2.97. The molecule has 2 atom stereocenters. The Bertz CT molecular complexity index is 559. The first-order valence-corrected chi connectivity index (χ1v) is 7.02. The van der Waals surface area contributed by atoms with Crippen LogP contribution < -0.4 is 5.32 Å². The Morgan fingerprint density at radius 3 is 2.90 bits per heavy atom. The molecule has 1 aliphatic rings. The Hall–Kier alpha value is -1.94. The van der Waals surface area contributed by atoms with E-state index in [9.17, 15) is 0 Å². The number of ether oxygens (including phenoxy) is 1. The highest BCUT2D eigenvalue weighted by Gasteiger charge is 2.29. The minimum atomic E-state index is 0.187. The number of benzene rings is 1. The van der Waals surface area contributed by atoms with Crippen molar-refractivity contribution < 1.29 is 4.74 Å². The number of rotatable bonds is 4. The normalized spacial score (nSPS) is 21.9. The lowest BCUT2D eigenvalue weighted by atomic mass is 9.95. The first-order valence-electron chi connectivity index (χ1n) is 7.02. The van der Waals surface area contributed by atoms with Crippen molar-refractivity contribution >= 4 is 5.82 Å². The van der Waals surface area contributed by atoms with Crippen LogP contribution in [0.25, 0.3) is 0 Å². The van der Waals surface area contributed by atoms with Crippen LogP contribution in [0.3, 0.4) is 0 Å². The van der Waals surface area contributed by atoms with Crippen LogP contribution in [0.4, 0.5) is 5.82 Å². The molecule has 0 aliphatic carbocycles. The quantitative estimate of drug-likeness (QED) is 0.927. The maximum atomic E-state index is 5.89. The minimum absolute atomic E-state index is 0.187. The first kappa shape index (κ1) is 13.1. The summed E-state index contributed by atoms with van der Waals surface area (Å²) in [7, 11) is 0. The van der Waals surface area contributed by atoms with E-state index in [2.05, 4.69) is 39.6 Å². The van der Waals surface area contributed by atoms with Crippen molar-refractivity contribution in [3.63, 3.8) is 0 Å². The van der Waals surface area contributed by atoms with Crippen molar-refractivity contribution in [1.29, 1.82) is 0 Å². The number of aromatic nitrogens is 2. The maximum Gasteiger partial charge on any atom is 0.129 e. The second-order valence-electron chi connectivity index (χ2n) is 5.18. The van der Waals surface area contributed by atoms with Gasteiger partial charge < -0.3 is 10.1 Å². The smallest absolute Gasteiger partial charge is 0.129 e. The highest BCUT2D eigenvalue weighted by Crippen LogP contribution is 2.34. The molecule has 2 aromatic rings. The molecule has 3 rings (SSSR count). The number of nitrogens with zero attached hydrogens (tertiary/aromatic N) is 2. The standard InChI is InChI=1S/C16H19N3O/c1-12-9-15(19-11-18-12)17-10-14-7-8-20-16(14)13-5-3-2-4-6-13/h2-6,9,11,14,16H,7-8,10H2,1H3,(H,17,18,19)/t14-,16-/m1/s1. The summed E-state index contributed by atoms with van der Waals surface area (Å²) in [6.07, 6.45) is 2.86. The van der Waals surface area contributed by atoms with Gasteiger partial charge in [-0.2, -0.15) is 0 Å². The molecule has 1 fully saturated rings. The molecule has 1 aromatic heterocycles. The average molecular weight is 269 g/mol. The number of hydrogen-bond acceptors (Lipinski definition) is 4. The molecule has 104 valence electrons. The maximum absolute atomic E-state index is 5.89. The van der Waals surface area contributed by atoms with Crippen molar-refractivity contribution in [2.75, 3.05) is 18.5 Å². The third kappa shape index (κ3) is 2.96. The van der Waals surface area contributed by atoms with Crippen LogP contribution in [0.1, 0.15) is 23.8 Å². The largest absolute Gasteiger partial charge is 0.373 e. The van der Waals surface area contributed by atoms with Crippen LogP contribution in [0.15, 0.2) is 42.7 Å². The van der Waals surface area contributed by atoms with Gasteiger partial charge in [0.15, 0.2) is 0 Å². The van der Waals surface area contributed by atoms with Crippen LogP contribution in [0.5, 0.6) is 0 Å². The molecular formula is C16H19N3O. The van der Waals surface area contributed by atoms with Gasteiger partial charge in [0.1, 0.15) is 12.1 Å². The molecule has 0 saturated carbocycles. The number of nitrogens with one attached hydrogen (secondary N) is 1. The van der Waals surface area contributed by atoms with E-state index in [1.54, 1.807) is 6.33 Å². The molecule has 1 aromatic carbocycles. The second kappa shape index (κ2) is 6.01. The molecule has 1 N–H and O–H groups in total. The fourth-order valence-electron chi connectivity index (χ4n) is 2.64. The lowest BCUT2D eigenvalue weighted by molar-refractivity contribution is 0.0933. The highest BCUT2D eigenvalue weighted by atomic mass is 16.5. The van der Waals surface area contributed by atoms with E-state index in [1.807, 2.05) is 19.1 Å². The summed E-state index contributed by atoms with van der Waals surface area (Å²) in [5.74, 6) is 1.36. The minimum Gasteiger partial charge on any atom is -0.373 e. The molecule has 0 bridgehead atoms. The van der Waals surface area contributed by atoms with Gasteiger partial charge in [-0.1, -0.05) is 30.3 Å². The van der Waals surface area contributed by atoms with E-state index in [-0.39, 0.29) is 6.10 Å². The fourth-order valence-corrected chi connectivity index (χ4v) is 2.64. The van der Waals surface area contributed by atoms with Crippen molar-refractivity contribution in [2.45, 2.75) is 19.4 Å². The third-order valence-corrected chi connectivity index (χ3v) is 3.69. The zero-order valence-corrected chi connectivity index (χ0v) is 11.6. The van der Waals surface area contributed by atoms with Gasteiger partial charge in [-0.3, -0.25) is 0 Å². The van der Waals surface area contributed by atoms with E-state index in [1.165, 1.54) is 5.56 Å². The predicted molar refractivity (Wildman–Crippen MR) is 78.5 cm³/mol. The van der Waals surface area contributed by atoms with Crippen LogP contribution in [-0.2, 0) is 4.74 Å². The summed E-state index contributed by atoms with van der Waals surface area (Å²) in [6, 6.07) is 12.4. The molecule has 1 aliphatic heterocycles. The van der Waals surface area contributed by atoms with E-state index in [0.717, 1.165) is 31.1 Å². The van der Waals surface area contributed by atoms with Gasteiger partial charge in [0.25, 0.3) is 0 Å². The van der Waals surface area contributed by atoms with E-state index in [0.29, 0.717) is 5.92 Å². The van der Waals surface area contributed by atoms with Gasteiger partial charge >= 0.3 is 0 Å². The third-order valence-electron chi connectivity index (χ3n) is 3.69. The lowest BCUT2D eigenvalue weighted by Gasteiger charge is -2.19. The lowest BCUT2D eigenvalue weighted by Crippen LogP contribution is -2.18. The van der Waals surface area contributed by atoms with E-state index in [4.69, 9.17) is 4.74 Å². The summed E-state index contributed by atoms with van der Waals surface area (Å²) in [6.45, 7) is 3.67. The fraction of sp³-hybridized carbons (Fsp3) is 0.375. The number of aryl methyl sites for hydroxylation is 1. The monoisotopic (exact) mass is 269 g/mol. The SMILES string of the molecule is Cc1cc(NC[C@H]2CCO[C@@H]2c2ccccc2)ncn1. The van der Waals surface area contributed by atoms with Crippen LogP contribution in [0, 0.1) is 12.8 Å². The van der Waals surface area contributed by atoms with Gasteiger partial charge in [0.2, 0.25) is 0 Å². The van der Waals surface area contributed by atoms with Crippen LogP contribution in [0.2, 0.25) is 0 Å². The van der Waals surface area contributed by atoms with Gasteiger partial charge in [0.05, 0.1) is 6.10 Å². The molecule has 0 unspecified atom stereocenters. The Kier molecular flexibility index (Phi) is 3.92. The molecule has 2 heterocycles. The van der Waals surface area contributed by atoms with Crippen molar-refractivity contribution in [3.8, 4) is 0 Å². The summed E-state index contributed by atoms with van der Waals surface area (Å²) >= 11 is 0. The summed E-state index contributed by atoms with van der Waals surface area (Å²) in [5, 5.41) is 3.40. The van der Waals surface area contributed by atoms with E-state index < -0.39 is 0 Å². The van der Waals surface area contributed by atoms with Crippen molar-refractivity contribution in [2.24, 2.45) is 5.92 Å². The summed E-state index contributed by atoms with van der Waals surface area (Å²) in [4.78, 5) is 8.34. The molecule has 4 heteroatoms. The molecular weight excluding hydrogens is 250 g/mol. The van der Waals surface area contributed by atoms with Crippen LogP contribution in [-0.4, -0.2) is 23.1 Å². The molecule has 0 amide bonds. The zero-order chi connectivity index (χ0) is 13.8. The Balaban J connectivity index is 1.65. The zero-order valence-electron chi connectivity index (χ0n) is 11.6. The molecule has 0 radical (unpaired) electrons. The highest BCUT2D eigenvalue weighted by molar-refractivity contribution is 5.34. The van der Waals surface area contributed by atoms with Crippen LogP contribution >= 0.6 is 0 Å². The van der Waals surface area contributed by atoms with Crippen molar-refractivity contribution in [3.05, 3.63) is 54.0 Å². The van der Waals surface area contributed by atoms with Gasteiger partial charge in [-0.15, -0.1) is 0 Å². The Labute approximate surface area is 119 Å². The van der Waals surface area contributed by atoms with Gasteiger partial charge in [0, 0.05) is 30.8 Å². The molecule has 20 heavy (non-hydrogen) atoms. The van der Waals surface area contributed by atoms with Gasteiger partial charge in [-0.25, -0.2) is 9.97 Å². The number of anilines is 1. The topological polar surface area (TPSA) is 47.0 Å². The number of hydrogen-bond donors (Lipinski definition) is 1. The molecule has 0 spiro atoms. The molecule has 1 saturated heterocycles. The van der Waals surface area contributed by atoms with Gasteiger partial charge in [-0.05, 0) is 18.9 Å². The summed E-state index contributed by atoms with van der Waals surface area (Å²) in [5.41, 5.74) is 2.24. The Morgan fingerprint density at radius 2 is 2.10 bits per heavy atom. The second-order valence-corrected chi connectivity index (χ2v) is 5.18. The average Bonchev–Trinajstić information content (AvgIpc) is 2.95. The van der Waals surface area contributed by atoms with E-state index >= 15 is 0 Å². The first-order chi connectivity index (χ1) is 9.83. The van der Waals surface area contributed by atoms with Crippen molar-refractivity contribution in [1.82, 2.24) is 9.97 Å².